The molecule has 0 spiro atoms. The molecule has 1 aromatic carbocycles. The lowest BCUT2D eigenvalue weighted by Crippen LogP contribution is -2.42. The maximum Gasteiger partial charge on any atom is 0.259 e. The second-order valence-electron chi connectivity index (χ2n) is 6.14. The second kappa shape index (κ2) is 7.30. The summed E-state index contributed by atoms with van der Waals surface area (Å²) in [6.07, 6.45) is -0.781. The molecule has 0 saturated carbocycles. The zero-order valence-corrected chi connectivity index (χ0v) is 14.7. The van der Waals surface area contributed by atoms with Crippen LogP contribution in [-0.2, 0) is 4.74 Å². The molecule has 2 atom stereocenters. The molecule has 0 radical (unpaired) electrons. The molecule has 8 nitrogen and oxygen atoms in total. The molecule has 1 amide bonds. The van der Waals surface area contributed by atoms with Crippen molar-refractivity contribution in [1.29, 1.82) is 0 Å². The Balaban J connectivity index is 2.00. The van der Waals surface area contributed by atoms with Gasteiger partial charge < -0.3 is 29.3 Å². The number of aromatic nitrogens is 1. The molecule has 26 heavy (non-hydrogen) atoms. The molecule has 1 saturated heterocycles. The molecular weight excluding hydrogens is 345 g/mol. The number of anilines is 1. The lowest BCUT2D eigenvalue weighted by molar-refractivity contribution is 0.0887. The molecule has 0 aliphatic carbocycles. The second-order valence-corrected chi connectivity index (χ2v) is 6.14. The Bertz CT molecular complexity index is 808. The normalized spacial score (nSPS) is 19.4. The number of hydrogen-bond donors (Lipinski definition) is 2. The number of rotatable bonds is 5. The molecule has 3 rings (SSSR count). The molecule has 2 N–H and O–H groups in total. The van der Waals surface area contributed by atoms with Gasteiger partial charge in [0.1, 0.15) is 5.56 Å². The third-order valence-electron chi connectivity index (χ3n) is 4.11. The van der Waals surface area contributed by atoms with Gasteiger partial charge in [-0.05, 0) is 18.2 Å². The highest BCUT2D eigenvalue weighted by Gasteiger charge is 2.32. The van der Waals surface area contributed by atoms with Crippen molar-refractivity contribution in [1.82, 2.24) is 10.5 Å². The quantitative estimate of drug-likeness (QED) is 0.817. The van der Waals surface area contributed by atoms with E-state index in [2.05, 4.69) is 10.5 Å². The van der Waals surface area contributed by atoms with Gasteiger partial charge >= 0.3 is 0 Å². The summed E-state index contributed by atoms with van der Waals surface area (Å²) in [6, 6.07) is 3.60. The van der Waals surface area contributed by atoms with Crippen LogP contribution in [0.2, 0.25) is 0 Å². The van der Waals surface area contributed by atoms with Gasteiger partial charge in [0, 0.05) is 19.7 Å². The van der Waals surface area contributed by atoms with Crippen molar-refractivity contribution in [2.75, 3.05) is 39.3 Å². The van der Waals surface area contributed by atoms with E-state index in [-0.39, 0.29) is 30.3 Å². The molecule has 1 aliphatic heterocycles. The first-order valence-corrected chi connectivity index (χ1v) is 8.00. The van der Waals surface area contributed by atoms with Crippen LogP contribution in [0.15, 0.2) is 22.7 Å². The van der Waals surface area contributed by atoms with E-state index < -0.39 is 23.9 Å². The average Bonchev–Trinajstić information content (AvgIpc) is 3.22. The maximum atomic E-state index is 13.7. The number of hydrogen-bond acceptors (Lipinski definition) is 7. The van der Waals surface area contributed by atoms with Crippen LogP contribution in [0.1, 0.15) is 10.4 Å². The SMILES string of the molecule is COc1cc(-c2onc(N(C)C)c2C(=O)N[C@H]2COC[C@@H]2O)ccc1F. The molecule has 9 heteroatoms. The van der Waals surface area contributed by atoms with E-state index in [1.807, 2.05) is 0 Å². The van der Waals surface area contributed by atoms with Crippen LogP contribution in [0.25, 0.3) is 11.3 Å². The summed E-state index contributed by atoms with van der Waals surface area (Å²) >= 11 is 0. The molecule has 1 aliphatic rings. The van der Waals surface area contributed by atoms with Crippen molar-refractivity contribution in [2.24, 2.45) is 0 Å². The fourth-order valence-corrected chi connectivity index (χ4v) is 2.71. The van der Waals surface area contributed by atoms with Crippen LogP contribution in [0, 0.1) is 5.82 Å². The summed E-state index contributed by atoms with van der Waals surface area (Å²) in [5.74, 6) is -0.480. The third-order valence-corrected chi connectivity index (χ3v) is 4.11. The molecule has 2 heterocycles. The zero-order valence-electron chi connectivity index (χ0n) is 14.7. The summed E-state index contributed by atoms with van der Waals surface area (Å²) in [6.45, 7) is 0.381. The minimum atomic E-state index is -0.781. The molecule has 140 valence electrons. The van der Waals surface area contributed by atoms with Crippen molar-refractivity contribution >= 4 is 11.7 Å². The number of aliphatic hydroxyl groups excluding tert-OH is 1. The van der Waals surface area contributed by atoms with Gasteiger partial charge in [-0.15, -0.1) is 0 Å². The number of nitrogens with zero attached hydrogens (tertiary/aromatic N) is 2. The van der Waals surface area contributed by atoms with E-state index in [1.165, 1.54) is 25.3 Å². The smallest absolute Gasteiger partial charge is 0.259 e. The van der Waals surface area contributed by atoms with E-state index in [4.69, 9.17) is 14.0 Å². The van der Waals surface area contributed by atoms with Gasteiger partial charge in [0.05, 0.1) is 32.5 Å². The lowest BCUT2D eigenvalue weighted by Gasteiger charge is -2.16. The number of ether oxygens (including phenoxy) is 2. The lowest BCUT2D eigenvalue weighted by atomic mass is 10.1. The standard InChI is InChI=1S/C17H20FN3O5/c1-21(2)16-14(17(23)19-11-7-25-8-12(11)22)15(26-20-16)9-4-5-10(18)13(6-9)24-3/h4-6,11-12,22H,7-8H2,1-3H3,(H,19,23)/t11-,12-/m0/s1. The zero-order chi connectivity index (χ0) is 18.8. The van der Waals surface area contributed by atoms with Crippen LogP contribution in [0.4, 0.5) is 10.2 Å². The summed E-state index contributed by atoms with van der Waals surface area (Å²) in [5, 5.41) is 16.5. The van der Waals surface area contributed by atoms with Gasteiger partial charge in [-0.2, -0.15) is 0 Å². The molecular formula is C17H20FN3O5. The van der Waals surface area contributed by atoms with Gasteiger partial charge in [-0.1, -0.05) is 5.16 Å². The van der Waals surface area contributed by atoms with E-state index >= 15 is 0 Å². The van der Waals surface area contributed by atoms with E-state index in [1.54, 1.807) is 19.0 Å². The monoisotopic (exact) mass is 365 g/mol. The number of benzene rings is 1. The summed E-state index contributed by atoms with van der Waals surface area (Å²) in [7, 11) is 4.79. The average molecular weight is 365 g/mol. The summed E-state index contributed by atoms with van der Waals surface area (Å²) in [5.41, 5.74) is 0.625. The minimum absolute atomic E-state index is 0.0243. The highest BCUT2D eigenvalue weighted by molar-refractivity contribution is 6.04. The van der Waals surface area contributed by atoms with Crippen molar-refractivity contribution in [3.05, 3.63) is 29.6 Å². The maximum absolute atomic E-state index is 13.7. The van der Waals surface area contributed by atoms with Crippen LogP contribution in [-0.4, -0.2) is 62.7 Å². The minimum Gasteiger partial charge on any atom is -0.494 e. The van der Waals surface area contributed by atoms with E-state index in [9.17, 15) is 14.3 Å². The Labute approximate surface area is 149 Å². The predicted molar refractivity (Wildman–Crippen MR) is 90.9 cm³/mol. The van der Waals surface area contributed by atoms with Gasteiger partial charge in [0.25, 0.3) is 5.91 Å². The Morgan fingerprint density at radius 1 is 1.42 bits per heavy atom. The van der Waals surface area contributed by atoms with Gasteiger partial charge in [-0.25, -0.2) is 4.39 Å². The molecule has 1 fully saturated rings. The van der Waals surface area contributed by atoms with Crippen LogP contribution in [0.3, 0.4) is 0 Å². The summed E-state index contributed by atoms with van der Waals surface area (Å²) in [4.78, 5) is 14.5. The van der Waals surface area contributed by atoms with E-state index in [0.717, 1.165) is 0 Å². The van der Waals surface area contributed by atoms with Crippen molar-refractivity contribution < 1.29 is 28.3 Å². The van der Waals surface area contributed by atoms with Crippen molar-refractivity contribution in [3.8, 4) is 17.1 Å². The Morgan fingerprint density at radius 2 is 2.19 bits per heavy atom. The van der Waals surface area contributed by atoms with Crippen LogP contribution < -0.4 is 15.0 Å². The third kappa shape index (κ3) is 3.35. The fourth-order valence-electron chi connectivity index (χ4n) is 2.71. The number of nitrogens with one attached hydrogen (secondary N) is 1. The molecule has 1 aromatic heterocycles. The van der Waals surface area contributed by atoms with E-state index in [0.29, 0.717) is 11.4 Å². The Hall–Kier alpha value is -2.65. The highest BCUT2D eigenvalue weighted by atomic mass is 19.1. The molecule has 2 aromatic rings. The van der Waals surface area contributed by atoms with Crippen molar-refractivity contribution in [3.63, 3.8) is 0 Å². The number of carbonyl (C=O) groups excluding carboxylic acids is 1. The Kier molecular flexibility index (Phi) is 5.10. The van der Waals surface area contributed by atoms with Crippen LogP contribution >= 0.6 is 0 Å². The first-order chi connectivity index (χ1) is 12.4. The number of carbonyl (C=O) groups is 1. The number of aliphatic hydroxyl groups is 1. The largest absolute Gasteiger partial charge is 0.494 e. The first kappa shape index (κ1) is 18.2. The number of halogens is 1. The van der Waals surface area contributed by atoms with Gasteiger partial charge in [-0.3, -0.25) is 4.79 Å². The molecule has 0 unspecified atom stereocenters. The predicted octanol–water partition coefficient (Wildman–Crippen LogP) is 1.04. The number of amides is 1. The van der Waals surface area contributed by atoms with Gasteiger partial charge in [0.2, 0.25) is 0 Å². The van der Waals surface area contributed by atoms with Crippen LogP contribution in [0.5, 0.6) is 5.75 Å². The first-order valence-electron chi connectivity index (χ1n) is 8.00. The Morgan fingerprint density at radius 3 is 2.81 bits per heavy atom. The highest BCUT2D eigenvalue weighted by Crippen LogP contribution is 2.33. The van der Waals surface area contributed by atoms with Gasteiger partial charge in [0.15, 0.2) is 23.1 Å². The number of methoxy groups -OCH3 is 1. The van der Waals surface area contributed by atoms with Crippen molar-refractivity contribution in [2.45, 2.75) is 12.1 Å². The topological polar surface area (TPSA) is 97.1 Å². The summed E-state index contributed by atoms with van der Waals surface area (Å²) < 4.78 is 29.2. The molecule has 0 bridgehead atoms. The fraction of sp³-hybridized carbons (Fsp3) is 0.412.